The molecule has 7 nitrogen and oxygen atoms in total. The van der Waals surface area contributed by atoms with Crippen molar-refractivity contribution in [1.29, 1.82) is 5.26 Å². The largest absolute Gasteiger partial charge is 0.438 e. The van der Waals surface area contributed by atoms with Crippen molar-refractivity contribution in [2.75, 3.05) is 5.32 Å². The zero-order valence-electron chi connectivity index (χ0n) is 10.4. The minimum absolute atomic E-state index is 0.172. The van der Waals surface area contributed by atoms with Crippen LogP contribution in [0.2, 0.25) is 0 Å². The molecule has 1 aromatic carbocycles. The number of thioether (sulfide) groups is 1. The number of rotatable bonds is 4. The van der Waals surface area contributed by atoms with E-state index in [9.17, 15) is 13.2 Å². The summed E-state index contributed by atoms with van der Waals surface area (Å²) in [7, 11) is -3.98. The molecular weight excluding hydrogens is 314 g/mol. The molecule has 1 heterocycles. The highest BCUT2D eigenvalue weighted by molar-refractivity contribution is 8.03. The number of nitrogens with one attached hydrogen (secondary N) is 1. The van der Waals surface area contributed by atoms with E-state index in [4.69, 9.17) is 14.8 Å². The van der Waals surface area contributed by atoms with E-state index >= 15 is 0 Å². The van der Waals surface area contributed by atoms with Gasteiger partial charge in [-0.05, 0) is 48.2 Å². The molecule has 0 unspecified atom stereocenters. The number of nitrogens with zero attached hydrogens (tertiary/aromatic N) is 1. The lowest BCUT2D eigenvalue weighted by Crippen LogP contribution is -2.12. The number of hydrogen-bond donors (Lipinski definition) is 2. The van der Waals surface area contributed by atoms with Crippen molar-refractivity contribution in [3.8, 4) is 5.40 Å². The van der Waals surface area contributed by atoms with Crippen LogP contribution in [0, 0.1) is 10.7 Å². The highest BCUT2D eigenvalue weighted by Gasteiger charge is 2.17. The van der Waals surface area contributed by atoms with Crippen LogP contribution in [-0.4, -0.2) is 14.3 Å². The molecule has 2 rings (SSSR count). The molecule has 0 aliphatic carbocycles. The van der Waals surface area contributed by atoms with Crippen LogP contribution >= 0.6 is 11.8 Å². The van der Waals surface area contributed by atoms with Crippen molar-refractivity contribution in [3.63, 3.8) is 0 Å². The number of amides is 1. The fraction of sp³-hybridized carbons (Fsp3) is 0. The average molecular weight is 323 g/mol. The van der Waals surface area contributed by atoms with Crippen molar-refractivity contribution in [3.05, 3.63) is 42.2 Å². The molecule has 0 bridgehead atoms. The van der Waals surface area contributed by atoms with Crippen LogP contribution in [0.1, 0.15) is 10.6 Å². The molecule has 0 saturated heterocycles. The van der Waals surface area contributed by atoms with Gasteiger partial charge in [0.2, 0.25) is 5.09 Å². The van der Waals surface area contributed by atoms with Gasteiger partial charge in [-0.1, -0.05) is 0 Å². The van der Waals surface area contributed by atoms with Gasteiger partial charge in [-0.3, -0.25) is 4.79 Å². The van der Waals surface area contributed by atoms with Gasteiger partial charge in [0.1, 0.15) is 5.40 Å². The number of benzene rings is 1. The number of carbonyl (C=O) groups is 1. The predicted molar refractivity (Wildman–Crippen MR) is 75.9 cm³/mol. The van der Waals surface area contributed by atoms with Gasteiger partial charge in [0.05, 0.1) is 0 Å². The Hall–Kier alpha value is -2.28. The molecule has 108 valence electrons. The number of nitrogens with two attached hydrogens (primary N) is 1. The molecule has 0 aliphatic heterocycles. The Morgan fingerprint density at radius 2 is 1.90 bits per heavy atom. The average Bonchev–Trinajstić information content (AvgIpc) is 2.91. The summed E-state index contributed by atoms with van der Waals surface area (Å²) >= 11 is 0.999. The van der Waals surface area contributed by atoms with E-state index in [2.05, 4.69) is 5.32 Å². The fourth-order valence-electron chi connectivity index (χ4n) is 1.45. The van der Waals surface area contributed by atoms with Gasteiger partial charge in [-0.15, -0.1) is 0 Å². The number of anilines is 1. The molecule has 0 atom stereocenters. The van der Waals surface area contributed by atoms with E-state index in [0.29, 0.717) is 5.69 Å². The number of hydrogen-bond acceptors (Lipinski definition) is 6. The second-order valence-electron chi connectivity index (χ2n) is 3.84. The highest BCUT2D eigenvalue weighted by Crippen LogP contribution is 2.20. The Bertz CT molecular complexity index is 804. The molecule has 1 amide bonds. The van der Waals surface area contributed by atoms with Gasteiger partial charge in [0.25, 0.3) is 15.9 Å². The maximum atomic E-state index is 11.9. The summed E-state index contributed by atoms with van der Waals surface area (Å²) in [5, 5.41) is 17.4. The van der Waals surface area contributed by atoms with Crippen LogP contribution < -0.4 is 10.5 Å². The van der Waals surface area contributed by atoms with E-state index in [0.717, 1.165) is 22.7 Å². The summed E-state index contributed by atoms with van der Waals surface area (Å²) in [6, 6.07) is 8.89. The first kappa shape index (κ1) is 15.1. The van der Waals surface area contributed by atoms with E-state index in [1.807, 2.05) is 5.40 Å². The first-order valence-electron chi connectivity index (χ1n) is 5.50. The van der Waals surface area contributed by atoms with Gasteiger partial charge in [0.15, 0.2) is 5.76 Å². The number of furan rings is 1. The summed E-state index contributed by atoms with van der Waals surface area (Å²) in [4.78, 5) is 12.6. The standard InChI is InChI=1S/C12H9N3O4S2/c13-7-20-9-3-1-8(2-4-9)15-12(16)10-5-6-11(19-10)21(14,17)18/h1-6H,(H,15,16)(H2,14,17,18). The van der Waals surface area contributed by atoms with Gasteiger partial charge in [-0.25, -0.2) is 13.6 Å². The van der Waals surface area contributed by atoms with Gasteiger partial charge >= 0.3 is 0 Å². The van der Waals surface area contributed by atoms with E-state index in [1.165, 1.54) is 6.07 Å². The molecule has 0 fully saturated rings. The van der Waals surface area contributed by atoms with Crippen molar-refractivity contribution >= 4 is 33.4 Å². The summed E-state index contributed by atoms with van der Waals surface area (Å²) < 4.78 is 27.0. The SMILES string of the molecule is N#CSc1ccc(NC(=O)c2ccc(S(N)(=O)=O)o2)cc1. The number of primary sulfonamides is 1. The monoisotopic (exact) mass is 323 g/mol. The third-order valence-corrected chi connectivity index (χ3v) is 3.74. The summed E-state index contributed by atoms with van der Waals surface area (Å²) in [6.45, 7) is 0. The molecule has 1 aromatic heterocycles. The lowest BCUT2D eigenvalue weighted by molar-refractivity contribution is 0.0991. The Morgan fingerprint density at radius 3 is 2.43 bits per heavy atom. The highest BCUT2D eigenvalue weighted by atomic mass is 32.2. The minimum atomic E-state index is -3.98. The number of nitriles is 1. The zero-order valence-corrected chi connectivity index (χ0v) is 12.1. The van der Waals surface area contributed by atoms with E-state index in [1.54, 1.807) is 24.3 Å². The lowest BCUT2D eigenvalue weighted by Gasteiger charge is -2.03. The fourth-order valence-corrected chi connectivity index (χ4v) is 2.29. The van der Waals surface area contributed by atoms with Gasteiger partial charge < -0.3 is 9.73 Å². The second kappa shape index (κ2) is 6.01. The first-order chi connectivity index (χ1) is 9.90. The topological polar surface area (TPSA) is 126 Å². The first-order valence-corrected chi connectivity index (χ1v) is 7.86. The molecule has 0 saturated carbocycles. The van der Waals surface area contributed by atoms with Crippen molar-refractivity contribution in [2.45, 2.75) is 9.99 Å². The van der Waals surface area contributed by atoms with Crippen molar-refractivity contribution in [2.24, 2.45) is 5.14 Å². The molecule has 2 aromatic rings. The van der Waals surface area contributed by atoms with E-state index in [-0.39, 0.29) is 5.76 Å². The van der Waals surface area contributed by atoms with Crippen LogP contribution in [0.5, 0.6) is 0 Å². The summed E-state index contributed by atoms with van der Waals surface area (Å²) in [5.41, 5.74) is 0.482. The molecule has 0 spiro atoms. The van der Waals surface area contributed by atoms with Crippen molar-refractivity contribution in [1.82, 2.24) is 0 Å². The van der Waals surface area contributed by atoms with Gasteiger partial charge in [-0.2, -0.15) is 5.26 Å². The summed E-state index contributed by atoms with van der Waals surface area (Å²) in [5.74, 6) is -0.778. The smallest absolute Gasteiger partial charge is 0.291 e. The maximum Gasteiger partial charge on any atom is 0.291 e. The van der Waals surface area contributed by atoms with Crippen LogP contribution in [0.25, 0.3) is 0 Å². The second-order valence-corrected chi connectivity index (χ2v) is 6.19. The quantitative estimate of drug-likeness (QED) is 0.652. The normalized spacial score (nSPS) is 10.9. The Labute approximate surface area is 124 Å². The maximum absolute atomic E-state index is 11.9. The van der Waals surface area contributed by atoms with Crippen LogP contribution in [0.15, 0.2) is 50.8 Å². The van der Waals surface area contributed by atoms with Crippen molar-refractivity contribution < 1.29 is 17.6 Å². The number of carbonyl (C=O) groups excluding carboxylic acids is 1. The molecule has 3 N–H and O–H groups in total. The molecule has 0 aliphatic rings. The molecule has 0 radical (unpaired) electrons. The van der Waals surface area contributed by atoms with Crippen LogP contribution in [0.3, 0.4) is 0 Å². The number of sulfonamides is 1. The minimum Gasteiger partial charge on any atom is -0.438 e. The molecule has 9 heteroatoms. The van der Waals surface area contributed by atoms with Gasteiger partial charge in [0, 0.05) is 10.6 Å². The van der Waals surface area contributed by atoms with Crippen LogP contribution in [-0.2, 0) is 10.0 Å². The van der Waals surface area contributed by atoms with E-state index < -0.39 is 21.0 Å². The zero-order chi connectivity index (χ0) is 15.5. The number of thiocyanates is 1. The third kappa shape index (κ3) is 3.85. The molecular formula is C12H9N3O4S2. The third-order valence-electron chi connectivity index (χ3n) is 2.36. The Morgan fingerprint density at radius 1 is 1.24 bits per heavy atom. The van der Waals surface area contributed by atoms with Crippen LogP contribution in [0.4, 0.5) is 5.69 Å². The lowest BCUT2D eigenvalue weighted by atomic mass is 10.3. The molecule has 21 heavy (non-hydrogen) atoms. The Kier molecular flexibility index (Phi) is 4.32. The Balaban J connectivity index is 2.11. The summed E-state index contributed by atoms with van der Waals surface area (Å²) in [6.07, 6.45) is 0. The predicted octanol–water partition coefficient (Wildman–Crippen LogP) is 1.75.